The van der Waals surface area contributed by atoms with Gasteiger partial charge in [-0.25, -0.2) is 8.80 Å². The summed E-state index contributed by atoms with van der Waals surface area (Å²) < 4.78 is 22.2. The molecule has 0 N–H and O–H groups in total. The highest BCUT2D eigenvalue weighted by molar-refractivity contribution is 14.2. The molecule has 0 unspecified atom stereocenters. The second-order valence-corrected chi connectivity index (χ2v) is 8.45. The smallest absolute Gasteiger partial charge is 0.256 e. The summed E-state index contributed by atoms with van der Waals surface area (Å²) in [4.78, 5) is 15.2. The second-order valence-electron chi connectivity index (χ2n) is 6.79. The van der Waals surface area contributed by atoms with Crippen molar-refractivity contribution in [1.29, 1.82) is 0 Å². The Bertz CT molecular complexity index is 968. The fourth-order valence-electron chi connectivity index (χ4n) is 3.65. The summed E-state index contributed by atoms with van der Waals surface area (Å²) in [5.41, 5.74) is 3.23. The van der Waals surface area contributed by atoms with Gasteiger partial charge < -0.3 is 9.64 Å². The molecule has 5 nitrogen and oxygen atoms in total. The molecule has 0 radical (unpaired) electrons. The first-order valence-corrected chi connectivity index (χ1v) is 12.9. The SMILES string of the molecule is C=NN(SI)/C(CCC)=C1\Cc2c(OC)ccc(F)c2N(Cc2ccccc2)C1=O. The van der Waals surface area contributed by atoms with Crippen LogP contribution in [0, 0.1) is 5.82 Å². The lowest BCUT2D eigenvalue weighted by Crippen LogP contribution is -2.38. The molecule has 158 valence electrons. The molecule has 0 aromatic heterocycles. The maximum absolute atomic E-state index is 15.0. The van der Waals surface area contributed by atoms with Crippen LogP contribution < -0.4 is 9.64 Å². The molecule has 0 spiro atoms. The molecule has 0 fully saturated rings. The summed E-state index contributed by atoms with van der Waals surface area (Å²) in [5.74, 6) is -0.0975. The lowest BCUT2D eigenvalue weighted by molar-refractivity contribution is -0.115. The quantitative estimate of drug-likeness (QED) is 0.138. The van der Waals surface area contributed by atoms with E-state index < -0.39 is 5.82 Å². The Labute approximate surface area is 192 Å². The number of fused-ring (bicyclic) bond motifs is 1. The van der Waals surface area contributed by atoms with E-state index in [2.05, 4.69) is 33.0 Å². The Balaban J connectivity index is 2.22. The minimum absolute atomic E-state index is 0.221. The third kappa shape index (κ3) is 4.49. The van der Waals surface area contributed by atoms with Gasteiger partial charge in [0.15, 0.2) is 0 Å². The number of carbonyl (C=O) groups is 1. The van der Waals surface area contributed by atoms with Crippen molar-refractivity contribution in [2.45, 2.75) is 32.7 Å². The van der Waals surface area contributed by atoms with Crippen LogP contribution in [-0.4, -0.2) is 24.1 Å². The van der Waals surface area contributed by atoms with Crippen molar-refractivity contribution < 1.29 is 13.9 Å². The van der Waals surface area contributed by atoms with Gasteiger partial charge in [-0.15, -0.1) is 0 Å². The van der Waals surface area contributed by atoms with Crippen LogP contribution in [0.25, 0.3) is 0 Å². The molecule has 0 saturated heterocycles. The number of methoxy groups -OCH3 is 1. The Kier molecular flexibility index (Phi) is 7.76. The number of hydrogen-bond acceptors (Lipinski definition) is 5. The van der Waals surface area contributed by atoms with E-state index in [-0.39, 0.29) is 24.6 Å². The van der Waals surface area contributed by atoms with Crippen LogP contribution in [-0.2, 0) is 17.8 Å². The number of anilines is 1. The summed E-state index contributed by atoms with van der Waals surface area (Å²) in [6, 6.07) is 12.5. The molecule has 0 bridgehead atoms. The molecule has 1 heterocycles. The van der Waals surface area contributed by atoms with E-state index in [0.717, 1.165) is 17.7 Å². The van der Waals surface area contributed by atoms with Crippen LogP contribution in [0.5, 0.6) is 5.75 Å². The zero-order valence-electron chi connectivity index (χ0n) is 16.9. The molecular weight excluding hydrogens is 516 g/mol. The predicted octanol–water partition coefficient (Wildman–Crippen LogP) is 5.89. The first kappa shape index (κ1) is 22.6. The average Bonchev–Trinajstić information content (AvgIpc) is 2.76. The van der Waals surface area contributed by atoms with Gasteiger partial charge in [-0.05, 0) is 24.1 Å². The highest BCUT2D eigenvalue weighted by Gasteiger charge is 2.35. The van der Waals surface area contributed by atoms with E-state index in [1.165, 1.54) is 20.1 Å². The molecule has 0 saturated carbocycles. The van der Waals surface area contributed by atoms with Gasteiger partial charge in [0.25, 0.3) is 5.91 Å². The third-order valence-corrected chi connectivity index (χ3v) is 6.57. The Morgan fingerprint density at radius 1 is 1.33 bits per heavy atom. The summed E-state index contributed by atoms with van der Waals surface area (Å²) in [5, 5.41) is 4.07. The number of benzene rings is 2. The van der Waals surface area contributed by atoms with E-state index in [1.54, 1.807) is 17.6 Å². The fraction of sp³-hybridized carbons (Fsp3) is 0.273. The lowest BCUT2D eigenvalue weighted by atomic mass is 9.92. The number of amides is 1. The van der Waals surface area contributed by atoms with Gasteiger partial charge in [0.05, 0.1) is 25.0 Å². The number of ether oxygens (including phenoxy) is 1. The Morgan fingerprint density at radius 3 is 2.67 bits per heavy atom. The minimum atomic E-state index is -0.437. The van der Waals surface area contributed by atoms with Gasteiger partial charge in [0.2, 0.25) is 0 Å². The molecule has 3 rings (SSSR count). The van der Waals surface area contributed by atoms with E-state index in [4.69, 9.17) is 4.74 Å². The van der Waals surface area contributed by atoms with Crippen molar-refractivity contribution in [3.05, 3.63) is 70.7 Å². The summed E-state index contributed by atoms with van der Waals surface area (Å²) in [6.07, 6.45) is 1.77. The molecule has 30 heavy (non-hydrogen) atoms. The summed E-state index contributed by atoms with van der Waals surface area (Å²) in [6.45, 7) is 5.95. The minimum Gasteiger partial charge on any atom is -0.496 e. The van der Waals surface area contributed by atoms with Crippen molar-refractivity contribution in [2.24, 2.45) is 5.10 Å². The first-order valence-electron chi connectivity index (χ1n) is 9.54. The number of allylic oxidation sites excluding steroid dienone is 1. The fourth-order valence-corrected chi connectivity index (χ4v) is 5.07. The Morgan fingerprint density at radius 2 is 2.07 bits per heavy atom. The molecule has 0 aliphatic carbocycles. The molecule has 1 amide bonds. The molecule has 1 aliphatic heterocycles. The first-order chi connectivity index (χ1) is 14.5. The van der Waals surface area contributed by atoms with Crippen LogP contribution in [0.15, 0.2) is 58.8 Å². The summed E-state index contributed by atoms with van der Waals surface area (Å²) >= 11 is 2.12. The summed E-state index contributed by atoms with van der Waals surface area (Å²) in [7, 11) is 2.91. The predicted molar refractivity (Wildman–Crippen MR) is 129 cm³/mol. The van der Waals surface area contributed by atoms with E-state index >= 15 is 0 Å². The van der Waals surface area contributed by atoms with Crippen LogP contribution in [0.2, 0.25) is 0 Å². The van der Waals surface area contributed by atoms with E-state index in [1.807, 2.05) is 37.3 Å². The van der Waals surface area contributed by atoms with Gasteiger partial charge in [0.1, 0.15) is 11.6 Å². The van der Waals surface area contributed by atoms with Crippen LogP contribution in [0.3, 0.4) is 0 Å². The number of halogens is 2. The number of nitrogens with zero attached hydrogens (tertiary/aromatic N) is 3. The number of hydrogen-bond donors (Lipinski definition) is 0. The normalized spacial score (nSPS) is 14.9. The van der Waals surface area contributed by atoms with Gasteiger partial charge in [0, 0.05) is 54.6 Å². The van der Waals surface area contributed by atoms with Crippen LogP contribution in [0.4, 0.5) is 10.1 Å². The van der Waals surface area contributed by atoms with E-state index in [9.17, 15) is 9.18 Å². The van der Waals surface area contributed by atoms with E-state index in [0.29, 0.717) is 23.3 Å². The standard InChI is InChI=1S/C22H23FIN3O2S/c1-4-8-19(27(25-2)30-24)16-13-17-20(29-3)12-11-18(23)21(17)26(22(16)28)14-15-9-6-5-7-10-15/h5-7,9-12H,2,4,8,13-14H2,1,3H3/b19-16+. The maximum atomic E-state index is 15.0. The van der Waals surface area contributed by atoms with Crippen molar-refractivity contribution >= 4 is 48.6 Å². The average molecular weight is 539 g/mol. The number of hydrazone groups is 1. The van der Waals surface area contributed by atoms with Crippen molar-refractivity contribution in [3.63, 3.8) is 0 Å². The molecule has 2 aromatic rings. The van der Waals surface area contributed by atoms with Gasteiger partial charge in [-0.1, -0.05) is 43.7 Å². The van der Waals surface area contributed by atoms with Gasteiger partial charge in [-0.2, -0.15) is 5.10 Å². The number of rotatable bonds is 8. The molecule has 1 aliphatic rings. The molecule has 2 aromatic carbocycles. The molecule has 8 heteroatoms. The highest BCUT2D eigenvalue weighted by Crippen LogP contribution is 2.42. The zero-order valence-corrected chi connectivity index (χ0v) is 19.9. The number of carbonyl (C=O) groups excluding carboxylic acids is 1. The van der Waals surface area contributed by atoms with Crippen LogP contribution in [0.1, 0.15) is 30.9 Å². The van der Waals surface area contributed by atoms with Gasteiger partial charge >= 0.3 is 0 Å². The Hall–Kier alpha value is -2.07. The largest absolute Gasteiger partial charge is 0.496 e. The van der Waals surface area contributed by atoms with Crippen LogP contribution >= 0.6 is 30.3 Å². The van der Waals surface area contributed by atoms with Crippen molar-refractivity contribution in [3.8, 4) is 5.75 Å². The van der Waals surface area contributed by atoms with Crippen molar-refractivity contribution in [1.82, 2.24) is 4.41 Å². The van der Waals surface area contributed by atoms with Gasteiger partial charge in [-0.3, -0.25) is 4.79 Å². The monoisotopic (exact) mass is 539 g/mol. The maximum Gasteiger partial charge on any atom is 0.256 e. The molecular formula is C22H23FIN3O2S. The lowest BCUT2D eigenvalue weighted by Gasteiger charge is -2.34. The third-order valence-electron chi connectivity index (χ3n) is 4.98. The molecule has 0 atom stereocenters. The zero-order chi connectivity index (χ0) is 21.7. The van der Waals surface area contributed by atoms with Crippen molar-refractivity contribution in [2.75, 3.05) is 12.0 Å². The topological polar surface area (TPSA) is 45.1 Å². The highest BCUT2D eigenvalue weighted by atomic mass is 127. The second kappa shape index (κ2) is 10.3.